The van der Waals surface area contributed by atoms with Crippen LogP contribution in [0.4, 0.5) is 21.5 Å². The molecule has 1 heterocycles. The summed E-state index contributed by atoms with van der Waals surface area (Å²) in [6.07, 6.45) is 1.53. The molecule has 0 aromatic heterocycles. The molecule has 112 valence electrons. The van der Waals surface area contributed by atoms with Crippen molar-refractivity contribution in [3.05, 3.63) is 54.3 Å². The number of anilines is 2. The fourth-order valence-electron chi connectivity index (χ4n) is 2.70. The van der Waals surface area contributed by atoms with Crippen molar-refractivity contribution in [3.8, 4) is 0 Å². The molecular weight excluding hydrogens is 281 g/mol. The van der Waals surface area contributed by atoms with Gasteiger partial charge >= 0.3 is 0 Å². The fourth-order valence-corrected chi connectivity index (χ4v) is 2.70. The van der Waals surface area contributed by atoms with Crippen LogP contribution in [0.25, 0.3) is 0 Å². The largest absolute Gasteiger partial charge is 0.368 e. The lowest BCUT2D eigenvalue weighted by Gasteiger charge is -2.37. The van der Waals surface area contributed by atoms with Gasteiger partial charge in [0.25, 0.3) is 0 Å². The number of piperazine rings is 1. The van der Waals surface area contributed by atoms with Crippen molar-refractivity contribution >= 4 is 23.1 Å². The first-order valence-electron chi connectivity index (χ1n) is 7.20. The quantitative estimate of drug-likeness (QED) is 0.645. The standard InChI is InChI=1S/C17H16FN3O/c18-16-3-1-2-4-17(16)21-11-9-20(10-12-21)15-7-5-14(6-8-15)19-13-22/h1-8H,9-12H2. The van der Waals surface area contributed by atoms with E-state index in [1.54, 1.807) is 18.2 Å². The van der Waals surface area contributed by atoms with Gasteiger partial charge in [-0.05, 0) is 36.4 Å². The smallest absolute Gasteiger partial charge is 0.240 e. The molecule has 0 unspecified atom stereocenters. The highest BCUT2D eigenvalue weighted by Gasteiger charge is 2.19. The number of carbonyl (C=O) groups excluding carboxylic acids is 1. The minimum atomic E-state index is -0.174. The van der Waals surface area contributed by atoms with Crippen molar-refractivity contribution in [2.24, 2.45) is 4.99 Å². The summed E-state index contributed by atoms with van der Waals surface area (Å²) in [6, 6.07) is 14.3. The second kappa shape index (κ2) is 6.41. The summed E-state index contributed by atoms with van der Waals surface area (Å²) in [6.45, 7) is 3.19. The van der Waals surface area contributed by atoms with Gasteiger partial charge in [0, 0.05) is 31.9 Å². The number of halogens is 1. The predicted molar refractivity (Wildman–Crippen MR) is 85.0 cm³/mol. The van der Waals surface area contributed by atoms with Gasteiger partial charge in [-0.15, -0.1) is 0 Å². The Morgan fingerprint density at radius 1 is 0.909 bits per heavy atom. The van der Waals surface area contributed by atoms with E-state index in [9.17, 15) is 9.18 Å². The molecule has 1 aliphatic rings. The Labute approximate surface area is 128 Å². The second-order valence-corrected chi connectivity index (χ2v) is 5.14. The summed E-state index contributed by atoms with van der Waals surface area (Å²) in [7, 11) is 0. The first-order chi connectivity index (χ1) is 10.8. The van der Waals surface area contributed by atoms with Gasteiger partial charge < -0.3 is 9.80 Å². The first-order valence-corrected chi connectivity index (χ1v) is 7.20. The maximum Gasteiger partial charge on any atom is 0.240 e. The molecule has 5 heteroatoms. The zero-order valence-corrected chi connectivity index (χ0v) is 12.1. The summed E-state index contributed by atoms with van der Waals surface area (Å²) < 4.78 is 13.8. The van der Waals surface area contributed by atoms with Crippen LogP contribution in [0.3, 0.4) is 0 Å². The first kappa shape index (κ1) is 14.3. The molecule has 0 aliphatic carbocycles. The van der Waals surface area contributed by atoms with E-state index in [2.05, 4.69) is 14.8 Å². The van der Waals surface area contributed by atoms with Gasteiger partial charge in [0.15, 0.2) is 0 Å². The van der Waals surface area contributed by atoms with Crippen molar-refractivity contribution in [3.63, 3.8) is 0 Å². The summed E-state index contributed by atoms with van der Waals surface area (Å²) in [5.74, 6) is -0.174. The molecule has 3 rings (SSSR count). The summed E-state index contributed by atoms with van der Waals surface area (Å²) in [5.41, 5.74) is 2.35. The van der Waals surface area contributed by atoms with Crippen molar-refractivity contribution in [1.29, 1.82) is 0 Å². The Balaban J connectivity index is 1.66. The third-order valence-electron chi connectivity index (χ3n) is 3.86. The average Bonchev–Trinajstić information content (AvgIpc) is 2.57. The van der Waals surface area contributed by atoms with Gasteiger partial charge in [-0.25, -0.2) is 9.18 Å². The van der Waals surface area contributed by atoms with Crippen LogP contribution >= 0.6 is 0 Å². The molecule has 1 fully saturated rings. The number of hydrogen-bond acceptors (Lipinski definition) is 4. The molecule has 2 aromatic carbocycles. The van der Waals surface area contributed by atoms with E-state index in [0.717, 1.165) is 31.9 Å². The molecule has 1 aliphatic heterocycles. The van der Waals surface area contributed by atoms with E-state index in [-0.39, 0.29) is 5.82 Å². The van der Waals surface area contributed by atoms with Crippen molar-refractivity contribution in [2.75, 3.05) is 36.0 Å². The Bertz CT molecular complexity index is 687. The van der Waals surface area contributed by atoms with Crippen LogP contribution in [0.15, 0.2) is 53.5 Å². The predicted octanol–water partition coefficient (Wildman–Crippen LogP) is 3.12. The van der Waals surface area contributed by atoms with E-state index in [1.165, 1.54) is 12.1 Å². The van der Waals surface area contributed by atoms with Crippen molar-refractivity contribution in [2.45, 2.75) is 0 Å². The van der Waals surface area contributed by atoms with Crippen LogP contribution in [-0.2, 0) is 4.79 Å². The topological polar surface area (TPSA) is 35.9 Å². The molecule has 2 aromatic rings. The van der Waals surface area contributed by atoms with Crippen LogP contribution in [0, 0.1) is 5.82 Å². The molecule has 0 bridgehead atoms. The van der Waals surface area contributed by atoms with E-state index in [1.807, 2.05) is 24.3 Å². The number of rotatable bonds is 3. The average molecular weight is 297 g/mol. The van der Waals surface area contributed by atoms with E-state index >= 15 is 0 Å². The Hall–Kier alpha value is -2.65. The highest BCUT2D eigenvalue weighted by atomic mass is 19.1. The number of nitrogens with zero attached hydrogens (tertiary/aromatic N) is 3. The molecule has 22 heavy (non-hydrogen) atoms. The minimum Gasteiger partial charge on any atom is -0.368 e. The normalized spacial score (nSPS) is 14.6. The maximum atomic E-state index is 13.8. The van der Waals surface area contributed by atoms with Crippen molar-refractivity contribution in [1.82, 2.24) is 0 Å². The minimum absolute atomic E-state index is 0.174. The Morgan fingerprint density at radius 3 is 2.18 bits per heavy atom. The van der Waals surface area contributed by atoms with Gasteiger partial charge in [-0.1, -0.05) is 12.1 Å². The molecule has 4 nitrogen and oxygen atoms in total. The zero-order chi connectivity index (χ0) is 15.4. The molecular formula is C17H16FN3O. The molecule has 0 radical (unpaired) electrons. The van der Waals surface area contributed by atoms with Crippen LogP contribution < -0.4 is 9.80 Å². The number of benzene rings is 2. The Morgan fingerprint density at radius 2 is 1.55 bits per heavy atom. The lowest BCUT2D eigenvalue weighted by molar-refractivity contribution is 0.565. The monoisotopic (exact) mass is 297 g/mol. The maximum absolute atomic E-state index is 13.8. The SMILES string of the molecule is O=C=Nc1ccc(N2CCN(c3ccccc3F)CC2)cc1. The molecule has 0 atom stereocenters. The summed E-state index contributed by atoms with van der Waals surface area (Å²) in [5, 5.41) is 0. The number of isocyanates is 1. The van der Waals surface area contributed by atoms with Gasteiger partial charge in [0.1, 0.15) is 5.82 Å². The van der Waals surface area contributed by atoms with Gasteiger partial charge in [0.05, 0.1) is 11.4 Å². The molecule has 0 N–H and O–H groups in total. The van der Waals surface area contributed by atoms with E-state index in [0.29, 0.717) is 11.4 Å². The van der Waals surface area contributed by atoms with Crippen LogP contribution in [0.1, 0.15) is 0 Å². The van der Waals surface area contributed by atoms with E-state index in [4.69, 9.17) is 0 Å². The van der Waals surface area contributed by atoms with Crippen LogP contribution in [0.5, 0.6) is 0 Å². The highest BCUT2D eigenvalue weighted by Crippen LogP contribution is 2.24. The Kier molecular flexibility index (Phi) is 4.17. The third-order valence-corrected chi connectivity index (χ3v) is 3.86. The summed E-state index contributed by atoms with van der Waals surface area (Å²) >= 11 is 0. The molecule has 1 saturated heterocycles. The third kappa shape index (κ3) is 3.00. The molecule has 0 saturated carbocycles. The number of hydrogen-bond donors (Lipinski definition) is 0. The van der Waals surface area contributed by atoms with Gasteiger partial charge in [-0.3, -0.25) is 0 Å². The zero-order valence-electron chi connectivity index (χ0n) is 12.1. The molecule has 0 amide bonds. The number of para-hydroxylation sites is 1. The van der Waals surface area contributed by atoms with Crippen LogP contribution in [0.2, 0.25) is 0 Å². The fraction of sp³-hybridized carbons (Fsp3) is 0.235. The summed E-state index contributed by atoms with van der Waals surface area (Å²) in [4.78, 5) is 18.1. The lowest BCUT2D eigenvalue weighted by atomic mass is 10.2. The lowest BCUT2D eigenvalue weighted by Crippen LogP contribution is -2.46. The number of aliphatic imine (C=N–C) groups is 1. The van der Waals surface area contributed by atoms with Crippen molar-refractivity contribution < 1.29 is 9.18 Å². The van der Waals surface area contributed by atoms with Gasteiger partial charge in [-0.2, -0.15) is 4.99 Å². The molecule has 0 spiro atoms. The van der Waals surface area contributed by atoms with Crippen LogP contribution in [-0.4, -0.2) is 32.3 Å². The second-order valence-electron chi connectivity index (χ2n) is 5.14. The van der Waals surface area contributed by atoms with Gasteiger partial charge in [0.2, 0.25) is 6.08 Å². The highest BCUT2D eigenvalue weighted by molar-refractivity contribution is 5.57. The van der Waals surface area contributed by atoms with E-state index < -0.39 is 0 Å².